The summed E-state index contributed by atoms with van der Waals surface area (Å²) in [5, 5.41) is 0. The average molecular weight is 213 g/mol. The summed E-state index contributed by atoms with van der Waals surface area (Å²) < 4.78 is 4.92. The van der Waals surface area contributed by atoms with Crippen LogP contribution >= 0.6 is 0 Å². The first-order valence-corrected chi connectivity index (χ1v) is 5.33. The van der Waals surface area contributed by atoms with Crippen molar-refractivity contribution >= 4 is 11.9 Å². The van der Waals surface area contributed by atoms with Crippen LogP contribution < -0.4 is 0 Å². The summed E-state index contributed by atoms with van der Waals surface area (Å²) in [7, 11) is 0. The van der Waals surface area contributed by atoms with Crippen LogP contribution in [0.1, 0.15) is 34.1 Å². The van der Waals surface area contributed by atoms with Gasteiger partial charge in [0.25, 0.3) is 0 Å². The van der Waals surface area contributed by atoms with Gasteiger partial charge in [-0.1, -0.05) is 0 Å². The van der Waals surface area contributed by atoms with Crippen molar-refractivity contribution in [3.8, 4) is 0 Å². The lowest BCUT2D eigenvalue weighted by molar-refractivity contribution is -0.147. The summed E-state index contributed by atoms with van der Waals surface area (Å²) in [6.07, 6.45) is 0.288. The van der Waals surface area contributed by atoms with Crippen molar-refractivity contribution in [2.45, 2.75) is 39.7 Å². The molecule has 1 rings (SSSR count). The maximum atomic E-state index is 11.7. The van der Waals surface area contributed by atoms with Gasteiger partial charge in [-0.3, -0.25) is 9.59 Å². The van der Waals surface area contributed by atoms with E-state index in [1.807, 2.05) is 20.8 Å². The van der Waals surface area contributed by atoms with Gasteiger partial charge in [0.05, 0.1) is 12.5 Å². The molecule has 4 heteroatoms. The number of likely N-dealkylation sites (tertiary alicyclic amines) is 1. The highest BCUT2D eigenvalue weighted by Gasteiger charge is 2.39. The molecule has 0 spiro atoms. The largest absolute Gasteiger partial charge is 0.466 e. The molecule has 86 valence electrons. The van der Waals surface area contributed by atoms with Crippen LogP contribution in [-0.4, -0.2) is 35.5 Å². The van der Waals surface area contributed by atoms with E-state index < -0.39 is 0 Å². The molecule has 1 heterocycles. The fourth-order valence-electron chi connectivity index (χ4n) is 1.77. The van der Waals surface area contributed by atoms with Crippen molar-refractivity contribution in [2.24, 2.45) is 5.92 Å². The first kappa shape index (κ1) is 12.0. The topological polar surface area (TPSA) is 46.6 Å². The van der Waals surface area contributed by atoms with E-state index >= 15 is 0 Å². The van der Waals surface area contributed by atoms with Gasteiger partial charge in [-0.05, 0) is 27.7 Å². The highest BCUT2D eigenvalue weighted by Crippen LogP contribution is 2.26. The van der Waals surface area contributed by atoms with Crippen LogP contribution in [0, 0.1) is 5.92 Å². The third-order valence-electron chi connectivity index (χ3n) is 2.55. The summed E-state index contributed by atoms with van der Waals surface area (Å²) >= 11 is 0. The molecule has 0 N–H and O–H groups in total. The Kier molecular flexibility index (Phi) is 3.37. The summed E-state index contributed by atoms with van der Waals surface area (Å²) in [4.78, 5) is 24.9. The van der Waals surface area contributed by atoms with Gasteiger partial charge in [0.2, 0.25) is 5.91 Å². The first-order chi connectivity index (χ1) is 6.86. The van der Waals surface area contributed by atoms with E-state index in [2.05, 4.69) is 0 Å². The normalized spacial score (nSPS) is 22.0. The molecule has 0 aromatic heterocycles. The van der Waals surface area contributed by atoms with E-state index in [0.29, 0.717) is 13.2 Å². The van der Waals surface area contributed by atoms with Crippen LogP contribution in [0.3, 0.4) is 0 Å². The number of amides is 1. The van der Waals surface area contributed by atoms with Crippen molar-refractivity contribution < 1.29 is 14.3 Å². The summed E-state index contributed by atoms with van der Waals surface area (Å²) in [6, 6.07) is 0. The summed E-state index contributed by atoms with van der Waals surface area (Å²) in [6.45, 7) is 8.55. The molecule has 0 saturated carbocycles. The molecule has 0 bridgehead atoms. The molecular weight excluding hydrogens is 194 g/mol. The minimum absolute atomic E-state index is 0.0422. The first-order valence-electron chi connectivity index (χ1n) is 5.33. The molecule has 1 atom stereocenters. The lowest BCUT2D eigenvalue weighted by Gasteiger charge is -2.31. The molecule has 1 saturated heterocycles. The molecular formula is C11H19NO3. The van der Waals surface area contributed by atoms with Gasteiger partial charge in [0.1, 0.15) is 0 Å². The lowest BCUT2D eigenvalue weighted by Crippen LogP contribution is -2.42. The molecule has 15 heavy (non-hydrogen) atoms. The minimum atomic E-state index is -0.281. The number of ether oxygens (including phenoxy) is 1. The molecule has 1 unspecified atom stereocenters. The molecule has 1 amide bonds. The number of hydrogen-bond donors (Lipinski definition) is 0. The zero-order valence-electron chi connectivity index (χ0n) is 9.87. The standard InChI is InChI=1S/C11H19NO3/c1-5-15-10(14)8-6-9(13)12(7-8)11(2,3)4/h8H,5-7H2,1-4H3. The van der Waals surface area contributed by atoms with Crippen LogP contribution in [0.25, 0.3) is 0 Å². The van der Waals surface area contributed by atoms with Crippen molar-refractivity contribution in [2.75, 3.05) is 13.2 Å². The Morgan fingerprint density at radius 2 is 2.13 bits per heavy atom. The molecule has 1 fully saturated rings. The molecule has 4 nitrogen and oxygen atoms in total. The van der Waals surface area contributed by atoms with E-state index in [4.69, 9.17) is 4.74 Å². The Morgan fingerprint density at radius 1 is 1.53 bits per heavy atom. The van der Waals surface area contributed by atoms with Crippen molar-refractivity contribution in [1.82, 2.24) is 4.90 Å². The monoisotopic (exact) mass is 213 g/mol. The van der Waals surface area contributed by atoms with E-state index in [1.165, 1.54) is 0 Å². The molecule has 0 radical (unpaired) electrons. The SMILES string of the molecule is CCOC(=O)C1CC(=O)N(C(C)(C)C)C1. The number of esters is 1. The highest BCUT2D eigenvalue weighted by molar-refractivity contribution is 5.87. The molecule has 0 aromatic rings. The predicted molar refractivity (Wildman–Crippen MR) is 56.2 cm³/mol. The third kappa shape index (κ3) is 2.70. The van der Waals surface area contributed by atoms with Gasteiger partial charge < -0.3 is 9.64 Å². The highest BCUT2D eigenvalue weighted by atomic mass is 16.5. The number of carbonyl (C=O) groups is 2. The number of nitrogens with zero attached hydrogens (tertiary/aromatic N) is 1. The smallest absolute Gasteiger partial charge is 0.311 e. The van der Waals surface area contributed by atoms with E-state index in [-0.39, 0.29) is 29.8 Å². The Hall–Kier alpha value is -1.06. The Labute approximate surface area is 90.6 Å². The van der Waals surface area contributed by atoms with E-state index in [1.54, 1.807) is 11.8 Å². The molecule has 1 aliphatic rings. The van der Waals surface area contributed by atoms with E-state index in [9.17, 15) is 9.59 Å². The fraction of sp³-hybridized carbons (Fsp3) is 0.818. The molecule has 0 aromatic carbocycles. The van der Waals surface area contributed by atoms with Gasteiger partial charge in [-0.25, -0.2) is 0 Å². The average Bonchev–Trinajstić information content (AvgIpc) is 2.47. The van der Waals surface area contributed by atoms with Crippen LogP contribution in [0.15, 0.2) is 0 Å². The number of hydrogen-bond acceptors (Lipinski definition) is 3. The van der Waals surface area contributed by atoms with Gasteiger partial charge in [0.15, 0.2) is 0 Å². The second kappa shape index (κ2) is 4.21. The minimum Gasteiger partial charge on any atom is -0.466 e. The Bertz CT molecular complexity index is 267. The van der Waals surface area contributed by atoms with Crippen LogP contribution in [0.2, 0.25) is 0 Å². The number of carbonyl (C=O) groups excluding carboxylic acids is 2. The lowest BCUT2D eigenvalue weighted by atomic mass is 10.1. The van der Waals surface area contributed by atoms with Crippen LogP contribution in [-0.2, 0) is 14.3 Å². The third-order valence-corrected chi connectivity index (χ3v) is 2.55. The van der Waals surface area contributed by atoms with Gasteiger partial charge >= 0.3 is 5.97 Å². The van der Waals surface area contributed by atoms with Gasteiger partial charge in [-0.2, -0.15) is 0 Å². The molecule has 1 aliphatic heterocycles. The number of rotatable bonds is 2. The van der Waals surface area contributed by atoms with E-state index in [0.717, 1.165) is 0 Å². The Balaban J connectivity index is 2.64. The van der Waals surface area contributed by atoms with Crippen molar-refractivity contribution in [3.05, 3.63) is 0 Å². The maximum absolute atomic E-state index is 11.7. The molecule has 0 aliphatic carbocycles. The van der Waals surface area contributed by atoms with Gasteiger partial charge in [-0.15, -0.1) is 0 Å². The zero-order chi connectivity index (χ0) is 11.6. The second-order valence-electron chi connectivity index (χ2n) is 4.83. The second-order valence-corrected chi connectivity index (χ2v) is 4.83. The summed E-state index contributed by atoms with van der Waals surface area (Å²) in [5.41, 5.74) is -0.210. The van der Waals surface area contributed by atoms with Crippen molar-refractivity contribution in [3.63, 3.8) is 0 Å². The zero-order valence-corrected chi connectivity index (χ0v) is 9.87. The predicted octanol–water partition coefficient (Wildman–Crippen LogP) is 1.20. The van der Waals surface area contributed by atoms with Crippen LogP contribution in [0.5, 0.6) is 0 Å². The quantitative estimate of drug-likeness (QED) is 0.647. The van der Waals surface area contributed by atoms with Crippen molar-refractivity contribution in [1.29, 1.82) is 0 Å². The van der Waals surface area contributed by atoms with Crippen LogP contribution in [0.4, 0.5) is 0 Å². The summed E-state index contributed by atoms with van der Waals surface area (Å²) in [5.74, 6) is -0.491. The maximum Gasteiger partial charge on any atom is 0.311 e. The Morgan fingerprint density at radius 3 is 2.53 bits per heavy atom. The van der Waals surface area contributed by atoms with Gasteiger partial charge in [0, 0.05) is 18.5 Å². The fourth-order valence-corrected chi connectivity index (χ4v) is 1.77.